The zero-order valence-electron chi connectivity index (χ0n) is 14.6. The van der Waals surface area contributed by atoms with E-state index in [2.05, 4.69) is 15.0 Å². The Kier molecular flexibility index (Phi) is 5.93. The highest BCUT2D eigenvalue weighted by atomic mass is 19.3. The first kappa shape index (κ1) is 19.4. The first-order chi connectivity index (χ1) is 13.4. The fourth-order valence-electron chi connectivity index (χ4n) is 2.64. The molecule has 0 radical (unpaired) electrons. The van der Waals surface area contributed by atoms with E-state index in [9.17, 15) is 22.8 Å². The Balaban J connectivity index is 1.54. The van der Waals surface area contributed by atoms with Gasteiger partial charge in [0.2, 0.25) is 5.91 Å². The Morgan fingerprint density at radius 1 is 1.18 bits per heavy atom. The lowest BCUT2D eigenvalue weighted by atomic mass is 10.1. The van der Waals surface area contributed by atoms with E-state index >= 15 is 0 Å². The molecule has 146 valence electrons. The van der Waals surface area contributed by atoms with E-state index in [0.717, 1.165) is 22.3 Å². The first-order valence-corrected chi connectivity index (χ1v) is 8.37. The maximum atomic E-state index is 13.2. The maximum Gasteiger partial charge on any atom is 0.387 e. The maximum absolute atomic E-state index is 13.2. The lowest BCUT2D eigenvalue weighted by molar-refractivity contribution is -0.121. The molecule has 1 amide bonds. The van der Waals surface area contributed by atoms with Crippen molar-refractivity contribution in [3.05, 3.63) is 70.5 Å². The molecule has 0 saturated heterocycles. The van der Waals surface area contributed by atoms with Crippen molar-refractivity contribution in [2.45, 2.75) is 19.6 Å². The molecule has 2 aromatic carbocycles. The second-order valence-corrected chi connectivity index (χ2v) is 5.96. The molecule has 3 aromatic rings. The summed E-state index contributed by atoms with van der Waals surface area (Å²) in [5, 5.41) is 2.90. The first-order valence-electron chi connectivity index (χ1n) is 8.37. The smallest absolute Gasteiger partial charge is 0.387 e. The zero-order valence-corrected chi connectivity index (χ0v) is 14.6. The summed E-state index contributed by atoms with van der Waals surface area (Å²) in [6.45, 7) is -2.80. The Morgan fingerprint density at radius 3 is 2.64 bits per heavy atom. The van der Waals surface area contributed by atoms with Gasteiger partial charge in [-0.2, -0.15) is 8.78 Å². The van der Waals surface area contributed by atoms with E-state index in [-0.39, 0.29) is 29.1 Å². The molecule has 9 heteroatoms. The number of halogens is 3. The minimum Gasteiger partial charge on any atom is -0.435 e. The minimum absolute atomic E-state index is 0.0610. The molecule has 1 heterocycles. The summed E-state index contributed by atoms with van der Waals surface area (Å²) in [5.74, 6) is -0.822. The normalized spacial score (nSPS) is 11.0. The van der Waals surface area contributed by atoms with Crippen molar-refractivity contribution in [1.82, 2.24) is 14.9 Å². The van der Waals surface area contributed by atoms with Crippen molar-refractivity contribution in [3.8, 4) is 5.75 Å². The van der Waals surface area contributed by atoms with E-state index in [4.69, 9.17) is 0 Å². The van der Waals surface area contributed by atoms with Crippen LogP contribution in [0.4, 0.5) is 13.2 Å². The number of amides is 1. The molecular weight excluding hydrogens is 375 g/mol. The van der Waals surface area contributed by atoms with Crippen LogP contribution >= 0.6 is 0 Å². The Hall–Kier alpha value is -3.36. The van der Waals surface area contributed by atoms with Gasteiger partial charge in [0, 0.05) is 12.6 Å². The number of nitrogens with zero attached hydrogens (tertiary/aromatic N) is 2. The molecule has 0 fully saturated rings. The van der Waals surface area contributed by atoms with Crippen molar-refractivity contribution >= 4 is 16.8 Å². The molecule has 0 bridgehead atoms. The lowest BCUT2D eigenvalue weighted by Crippen LogP contribution is -2.33. The fraction of sp³-hybridized carbons (Fsp3) is 0.211. The van der Waals surface area contributed by atoms with Gasteiger partial charge in [-0.3, -0.25) is 14.2 Å². The second kappa shape index (κ2) is 8.55. The number of carbonyl (C=O) groups is 1. The molecule has 0 aliphatic carbocycles. The predicted octanol–water partition coefficient (Wildman–Crippen LogP) is 2.50. The average molecular weight is 391 g/mol. The Morgan fingerprint density at radius 2 is 1.93 bits per heavy atom. The van der Waals surface area contributed by atoms with Gasteiger partial charge in [0.05, 0.1) is 17.2 Å². The summed E-state index contributed by atoms with van der Waals surface area (Å²) in [5.41, 5.74) is 0.615. The monoisotopic (exact) mass is 391 g/mol. The summed E-state index contributed by atoms with van der Waals surface area (Å²) < 4.78 is 42.8. The van der Waals surface area contributed by atoms with E-state index in [1.807, 2.05) is 0 Å². The van der Waals surface area contributed by atoms with Crippen LogP contribution < -0.4 is 15.6 Å². The van der Waals surface area contributed by atoms with Gasteiger partial charge < -0.3 is 10.1 Å². The SMILES string of the molecule is O=C(Cn1cnc2cc(F)ccc2c1=O)NCCc1ccc(OC(F)F)cc1. The van der Waals surface area contributed by atoms with Crippen molar-refractivity contribution < 1.29 is 22.7 Å². The lowest BCUT2D eigenvalue weighted by Gasteiger charge is -2.09. The highest BCUT2D eigenvalue weighted by molar-refractivity contribution is 5.79. The minimum atomic E-state index is -2.88. The van der Waals surface area contributed by atoms with Crippen molar-refractivity contribution in [2.75, 3.05) is 6.54 Å². The van der Waals surface area contributed by atoms with Gasteiger partial charge in [0.1, 0.15) is 18.1 Å². The van der Waals surface area contributed by atoms with Gasteiger partial charge in [-0.05, 0) is 36.2 Å². The van der Waals surface area contributed by atoms with Crippen LogP contribution in [0.5, 0.6) is 5.75 Å². The summed E-state index contributed by atoms with van der Waals surface area (Å²) in [6.07, 6.45) is 1.68. The van der Waals surface area contributed by atoms with Crippen LogP contribution in [0.3, 0.4) is 0 Å². The number of carbonyl (C=O) groups excluding carboxylic acids is 1. The molecule has 1 aromatic heterocycles. The van der Waals surface area contributed by atoms with Gasteiger partial charge in [0.15, 0.2) is 0 Å². The molecule has 1 N–H and O–H groups in total. The summed E-state index contributed by atoms with van der Waals surface area (Å²) in [7, 11) is 0. The average Bonchev–Trinajstić information content (AvgIpc) is 2.65. The summed E-state index contributed by atoms with van der Waals surface area (Å²) in [6, 6.07) is 9.74. The highest BCUT2D eigenvalue weighted by Gasteiger charge is 2.09. The van der Waals surface area contributed by atoms with E-state index in [1.54, 1.807) is 12.1 Å². The second-order valence-electron chi connectivity index (χ2n) is 5.96. The van der Waals surface area contributed by atoms with E-state index in [0.29, 0.717) is 13.0 Å². The molecular formula is C19H16F3N3O3. The van der Waals surface area contributed by atoms with Crippen molar-refractivity contribution in [1.29, 1.82) is 0 Å². The number of hydrogen-bond donors (Lipinski definition) is 1. The number of rotatable bonds is 7. The molecule has 28 heavy (non-hydrogen) atoms. The Labute approximate surface area is 157 Å². The van der Waals surface area contributed by atoms with Gasteiger partial charge in [0.25, 0.3) is 5.56 Å². The van der Waals surface area contributed by atoms with Gasteiger partial charge in [-0.1, -0.05) is 12.1 Å². The van der Waals surface area contributed by atoms with Gasteiger partial charge in [-0.25, -0.2) is 9.37 Å². The number of fused-ring (bicyclic) bond motifs is 1. The largest absolute Gasteiger partial charge is 0.435 e. The Bertz CT molecular complexity index is 1040. The van der Waals surface area contributed by atoms with Crippen LogP contribution in [-0.4, -0.2) is 28.6 Å². The van der Waals surface area contributed by atoms with Crippen molar-refractivity contribution in [3.63, 3.8) is 0 Å². The number of benzene rings is 2. The van der Waals surface area contributed by atoms with Gasteiger partial charge in [-0.15, -0.1) is 0 Å². The molecule has 0 atom stereocenters. The van der Waals surface area contributed by atoms with Gasteiger partial charge >= 0.3 is 6.61 Å². The standard InChI is InChI=1S/C19H16F3N3O3/c20-13-3-6-15-16(9-13)24-11-25(18(15)27)10-17(26)23-8-7-12-1-4-14(5-2-12)28-19(21)22/h1-6,9,11,19H,7-8,10H2,(H,23,26). The fourth-order valence-corrected chi connectivity index (χ4v) is 2.64. The molecule has 0 unspecified atom stereocenters. The summed E-state index contributed by atoms with van der Waals surface area (Å²) in [4.78, 5) is 28.4. The third-order valence-electron chi connectivity index (χ3n) is 3.99. The summed E-state index contributed by atoms with van der Waals surface area (Å²) >= 11 is 0. The number of hydrogen-bond acceptors (Lipinski definition) is 4. The van der Waals surface area contributed by atoms with Crippen LogP contribution in [0.25, 0.3) is 10.9 Å². The van der Waals surface area contributed by atoms with E-state index in [1.165, 1.54) is 24.5 Å². The third kappa shape index (κ3) is 4.87. The molecule has 0 aliphatic rings. The topological polar surface area (TPSA) is 73.2 Å². The van der Waals surface area contributed by atoms with Crippen LogP contribution in [-0.2, 0) is 17.8 Å². The predicted molar refractivity (Wildman–Crippen MR) is 95.7 cm³/mol. The van der Waals surface area contributed by atoms with Crippen LogP contribution in [0.15, 0.2) is 53.6 Å². The van der Waals surface area contributed by atoms with Crippen LogP contribution in [0.1, 0.15) is 5.56 Å². The van der Waals surface area contributed by atoms with Crippen LogP contribution in [0, 0.1) is 5.82 Å². The number of ether oxygens (including phenoxy) is 1. The third-order valence-corrected chi connectivity index (χ3v) is 3.99. The number of aromatic nitrogens is 2. The molecule has 0 spiro atoms. The molecule has 0 aliphatic heterocycles. The highest BCUT2D eigenvalue weighted by Crippen LogP contribution is 2.15. The van der Waals surface area contributed by atoms with Crippen LogP contribution in [0.2, 0.25) is 0 Å². The molecule has 3 rings (SSSR count). The van der Waals surface area contributed by atoms with E-state index < -0.39 is 18.0 Å². The number of alkyl halides is 2. The van der Waals surface area contributed by atoms with Crippen molar-refractivity contribution in [2.24, 2.45) is 0 Å². The zero-order chi connectivity index (χ0) is 20.1. The quantitative estimate of drug-likeness (QED) is 0.672. The molecule has 0 saturated carbocycles. The number of nitrogens with one attached hydrogen (secondary N) is 1. The molecule has 6 nitrogen and oxygen atoms in total.